The third-order valence-corrected chi connectivity index (χ3v) is 3.42. The van der Waals surface area contributed by atoms with Crippen LogP contribution in [0.3, 0.4) is 0 Å². The van der Waals surface area contributed by atoms with Gasteiger partial charge in [0.25, 0.3) is 5.91 Å². The fraction of sp³-hybridized carbons (Fsp3) is 0.0833. The summed E-state index contributed by atoms with van der Waals surface area (Å²) in [6.07, 6.45) is 1.45. The van der Waals surface area contributed by atoms with Crippen LogP contribution >= 0.6 is 11.8 Å². The van der Waals surface area contributed by atoms with Gasteiger partial charge in [-0.25, -0.2) is 9.97 Å². The van der Waals surface area contributed by atoms with E-state index in [0.717, 1.165) is 4.90 Å². The Kier molecular flexibility index (Phi) is 3.65. The molecule has 0 saturated heterocycles. The van der Waals surface area contributed by atoms with Crippen LogP contribution in [-0.2, 0) is 0 Å². The lowest BCUT2D eigenvalue weighted by molar-refractivity contribution is 0.101. The largest absolute Gasteiger partial charge is 0.319 e. The molecule has 1 amide bonds. The van der Waals surface area contributed by atoms with Gasteiger partial charge in [0.05, 0.1) is 0 Å². The first-order chi connectivity index (χ1) is 10.2. The van der Waals surface area contributed by atoms with Gasteiger partial charge in [-0.3, -0.25) is 15.0 Å². The van der Waals surface area contributed by atoms with Crippen molar-refractivity contribution in [3.8, 4) is 0 Å². The van der Waals surface area contributed by atoms with E-state index in [4.69, 9.17) is 0 Å². The Labute approximate surface area is 123 Å². The molecule has 0 bridgehead atoms. The van der Waals surface area contributed by atoms with Gasteiger partial charge in [-0.2, -0.15) is 5.10 Å². The van der Waals surface area contributed by atoms with Crippen LogP contribution in [0.5, 0.6) is 0 Å². The Balaban J connectivity index is 1.65. The van der Waals surface area contributed by atoms with Crippen LogP contribution in [-0.4, -0.2) is 36.3 Å². The zero-order chi connectivity index (χ0) is 14.7. The summed E-state index contributed by atoms with van der Waals surface area (Å²) in [6.45, 7) is 1.74. The van der Waals surface area contributed by atoms with Crippen LogP contribution in [0.2, 0.25) is 0 Å². The smallest absolute Gasteiger partial charge is 0.295 e. The number of hydrogen-bond acceptors (Lipinski definition) is 6. The maximum absolute atomic E-state index is 11.9. The van der Waals surface area contributed by atoms with E-state index in [2.05, 4.69) is 35.7 Å². The molecule has 0 spiro atoms. The summed E-state index contributed by atoms with van der Waals surface area (Å²) >= 11 is 1.45. The second-order valence-corrected chi connectivity index (χ2v) is 5.18. The number of anilines is 1. The highest BCUT2D eigenvalue weighted by molar-refractivity contribution is 7.99. The van der Waals surface area contributed by atoms with Crippen molar-refractivity contribution in [2.24, 2.45) is 0 Å². The SMILES string of the molecule is Cc1nc(C(=O)Nc2ccc(Sc3ncn[nH]3)cc2)n[nH]1. The molecule has 0 aliphatic carbocycles. The molecule has 0 radical (unpaired) electrons. The summed E-state index contributed by atoms with van der Waals surface area (Å²) in [7, 11) is 0. The molecule has 2 heterocycles. The van der Waals surface area contributed by atoms with Crippen LogP contribution in [0.4, 0.5) is 5.69 Å². The van der Waals surface area contributed by atoms with Gasteiger partial charge in [-0.05, 0) is 31.2 Å². The van der Waals surface area contributed by atoms with Crippen LogP contribution < -0.4 is 5.32 Å². The fourth-order valence-corrected chi connectivity index (χ4v) is 2.29. The van der Waals surface area contributed by atoms with Gasteiger partial charge >= 0.3 is 0 Å². The second kappa shape index (κ2) is 5.75. The maximum Gasteiger partial charge on any atom is 0.295 e. The molecule has 0 aliphatic rings. The van der Waals surface area contributed by atoms with E-state index in [1.165, 1.54) is 18.1 Å². The molecular weight excluding hydrogens is 290 g/mol. The number of aromatic amines is 2. The van der Waals surface area contributed by atoms with Crippen molar-refractivity contribution in [2.45, 2.75) is 17.0 Å². The second-order valence-electron chi connectivity index (χ2n) is 4.12. The molecule has 0 unspecified atom stereocenters. The van der Waals surface area contributed by atoms with Gasteiger partial charge in [-0.1, -0.05) is 11.8 Å². The number of nitrogens with zero attached hydrogens (tertiary/aromatic N) is 4. The predicted octanol–water partition coefficient (Wildman–Crippen LogP) is 1.63. The van der Waals surface area contributed by atoms with Gasteiger partial charge in [0.15, 0.2) is 5.16 Å². The first-order valence-electron chi connectivity index (χ1n) is 6.04. The third kappa shape index (κ3) is 3.26. The molecule has 2 aromatic heterocycles. The molecule has 0 atom stereocenters. The average molecular weight is 301 g/mol. The fourth-order valence-electron chi connectivity index (χ4n) is 1.59. The zero-order valence-corrected chi connectivity index (χ0v) is 11.8. The van der Waals surface area contributed by atoms with E-state index in [0.29, 0.717) is 16.7 Å². The number of hydrogen-bond donors (Lipinski definition) is 3. The molecule has 3 N–H and O–H groups in total. The predicted molar refractivity (Wildman–Crippen MR) is 76.0 cm³/mol. The highest BCUT2D eigenvalue weighted by Crippen LogP contribution is 2.25. The number of amides is 1. The van der Waals surface area contributed by atoms with Crippen molar-refractivity contribution in [2.75, 3.05) is 5.32 Å². The van der Waals surface area contributed by atoms with Crippen molar-refractivity contribution in [3.63, 3.8) is 0 Å². The summed E-state index contributed by atoms with van der Waals surface area (Å²) in [4.78, 5) is 20.9. The number of aromatic nitrogens is 6. The number of carbonyl (C=O) groups is 1. The highest BCUT2D eigenvalue weighted by Gasteiger charge is 2.11. The monoisotopic (exact) mass is 301 g/mol. The quantitative estimate of drug-likeness (QED) is 0.675. The average Bonchev–Trinajstić information content (AvgIpc) is 3.12. The molecule has 0 fully saturated rings. The Morgan fingerprint density at radius 2 is 2.05 bits per heavy atom. The topological polar surface area (TPSA) is 112 Å². The molecular formula is C12H11N7OS. The van der Waals surface area contributed by atoms with Crippen molar-refractivity contribution in [1.29, 1.82) is 0 Å². The Hall–Kier alpha value is -2.68. The first-order valence-corrected chi connectivity index (χ1v) is 6.86. The normalized spacial score (nSPS) is 10.5. The van der Waals surface area contributed by atoms with Crippen LogP contribution in [0.25, 0.3) is 0 Å². The lowest BCUT2D eigenvalue weighted by atomic mass is 10.3. The molecule has 9 heteroatoms. The van der Waals surface area contributed by atoms with Crippen molar-refractivity contribution in [1.82, 2.24) is 30.4 Å². The highest BCUT2D eigenvalue weighted by atomic mass is 32.2. The van der Waals surface area contributed by atoms with E-state index in [1.807, 2.05) is 12.1 Å². The molecule has 8 nitrogen and oxygen atoms in total. The van der Waals surface area contributed by atoms with E-state index in [1.54, 1.807) is 19.1 Å². The lowest BCUT2D eigenvalue weighted by Gasteiger charge is -2.03. The molecule has 3 aromatic rings. The van der Waals surface area contributed by atoms with Crippen LogP contribution in [0.15, 0.2) is 40.6 Å². The minimum Gasteiger partial charge on any atom is -0.319 e. The van der Waals surface area contributed by atoms with Crippen molar-refractivity contribution in [3.05, 3.63) is 42.2 Å². The molecule has 0 aliphatic heterocycles. The Morgan fingerprint density at radius 1 is 1.24 bits per heavy atom. The maximum atomic E-state index is 11.9. The van der Waals surface area contributed by atoms with Crippen molar-refractivity contribution < 1.29 is 4.79 Å². The summed E-state index contributed by atoms with van der Waals surface area (Å²) < 4.78 is 0. The van der Waals surface area contributed by atoms with Gasteiger partial charge in [0.1, 0.15) is 12.2 Å². The summed E-state index contributed by atoms with van der Waals surface area (Å²) in [6, 6.07) is 7.37. The number of carbonyl (C=O) groups excluding carboxylic acids is 1. The minimum absolute atomic E-state index is 0.118. The summed E-state index contributed by atoms with van der Waals surface area (Å²) in [5.74, 6) is 0.363. The van der Waals surface area contributed by atoms with E-state index in [9.17, 15) is 4.79 Å². The molecule has 106 valence electrons. The standard InChI is InChI=1S/C12H11N7OS/c1-7-15-10(18-17-7)11(20)16-8-2-4-9(5-3-8)21-12-13-6-14-19-12/h2-6H,1H3,(H,16,20)(H,13,14,19)(H,15,17,18). The van der Waals surface area contributed by atoms with Gasteiger partial charge < -0.3 is 5.32 Å². The van der Waals surface area contributed by atoms with Crippen LogP contribution in [0.1, 0.15) is 16.4 Å². The van der Waals surface area contributed by atoms with E-state index < -0.39 is 0 Å². The summed E-state index contributed by atoms with van der Waals surface area (Å²) in [5, 5.41) is 16.4. The minimum atomic E-state index is -0.352. The molecule has 0 saturated carbocycles. The number of benzene rings is 1. The van der Waals surface area contributed by atoms with Gasteiger partial charge in [-0.15, -0.1) is 5.10 Å². The molecule has 1 aromatic carbocycles. The number of nitrogens with one attached hydrogen (secondary N) is 3. The van der Waals surface area contributed by atoms with Crippen LogP contribution in [0, 0.1) is 6.92 Å². The first kappa shape index (κ1) is 13.3. The lowest BCUT2D eigenvalue weighted by Crippen LogP contribution is -2.13. The summed E-state index contributed by atoms with van der Waals surface area (Å²) in [5.41, 5.74) is 0.671. The number of H-pyrrole nitrogens is 2. The van der Waals surface area contributed by atoms with Gasteiger partial charge in [0, 0.05) is 10.6 Å². The Bertz CT molecular complexity index is 735. The van der Waals surface area contributed by atoms with E-state index in [-0.39, 0.29) is 11.7 Å². The zero-order valence-electron chi connectivity index (χ0n) is 11.0. The Morgan fingerprint density at radius 3 is 2.67 bits per heavy atom. The molecule has 3 rings (SSSR count). The number of aryl methyl sites for hydroxylation is 1. The number of rotatable bonds is 4. The van der Waals surface area contributed by atoms with E-state index >= 15 is 0 Å². The van der Waals surface area contributed by atoms with Crippen molar-refractivity contribution >= 4 is 23.4 Å². The molecule has 21 heavy (non-hydrogen) atoms. The third-order valence-electron chi connectivity index (χ3n) is 2.52. The van der Waals surface area contributed by atoms with Gasteiger partial charge in [0.2, 0.25) is 5.82 Å².